The van der Waals surface area contributed by atoms with Gasteiger partial charge < -0.3 is 13.7 Å². The number of hydrogen-bond donors (Lipinski definition) is 0. The summed E-state index contributed by atoms with van der Waals surface area (Å²) in [6, 6.07) is 86.4. The van der Waals surface area contributed by atoms with Gasteiger partial charge in [-0.1, -0.05) is 176 Å². The van der Waals surface area contributed by atoms with Gasteiger partial charge >= 0.3 is 0 Å². The van der Waals surface area contributed by atoms with Crippen LogP contribution in [0.2, 0.25) is 0 Å². The molecule has 4 aromatic heterocycles. The predicted molar refractivity (Wildman–Crippen MR) is 285 cm³/mol. The first-order chi connectivity index (χ1) is 34.3. The van der Waals surface area contributed by atoms with Crippen molar-refractivity contribution in [2.75, 3.05) is 0 Å². The largest absolute Gasteiger partial charge is 0.309 e. The van der Waals surface area contributed by atoms with Gasteiger partial charge in [0, 0.05) is 54.8 Å². The first-order valence-corrected chi connectivity index (χ1v) is 23.4. The van der Waals surface area contributed by atoms with E-state index < -0.39 is 0 Å². The molecule has 0 aliphatic heterocycles. The first kappa shape index (κ1) is 38.8. The second-order valence-electron chi connectivity index (χ2n) is 17.6. The van der Waals surface area contributed by atoms with Crippen LogP contribution in [-0.4, -0.2) is 28.7 Å². The topological polar surface area (TPSA) is 53.5 Å². The van der Waals surface area contributed by atoms with Crippen molar-refractivity contribution in [2.45, 2.75) is 0 Å². The standard InChI is InChI=1S/C63H40N6/c1-5-21-41(22-6-1)61-64-62(42-23-7-2-8-24-42)66-63(65-61)58-50(43-37-38-57-51(39-43)48-31-15-17-33-53(48)67(57)44-25-9-3-10-26-44)40-52-49-32-16-18-34-54(49)68(45-27-11-4-12-28-45)59(52)60(58)69-55-35-19-13-29-46(55)47-30-14-20-36-56(47)69/h1-40H. The second-order valence-corrected chi connectivity index (χ2v) is 17.6. The minimum absolute atomic E-state index is 0.577. The molecule has 4 heterocycles. The maximum atomic E-state index is 5.59. The molecule has 0 unspecified atom stereocenters. The van der Waals surface area contributed by atoms with Crippen LogP contribution in [0.15, 0.2) is 243 Å². The summed E-state index contributed by atoms with van der Waals surface area (Å²) in [6.45, 7) is 0. The van der Waals surface area contributed by atoms with Crippen LogP contribution in [0.1, 0.15) is 0 Å². The van der Waals surface area contributed by atoms with Gasteiger partial charge in [-0.3, -0.25) is 0 Å². The number of fused-ring (bicyclic) bond motifs is 9. The molecule has 0 aliphatic carbocycles. The highest BCUT2D eigenvalue weighted by atomic mass is 15.1. The van der Waals surface area contributed by atoms with Crippen molar-refractivity contribution in [1.82, 2.24) is 28.7 Å². The van der Waals surface area contributed by atoms with Crippen LogP contribution in [0.5, 0.6) is 0 Å². The Morgan fingerprint density at radius 2 is 0.652 bits per heavy atom. The van der Waals surface area contributed by atoms with Crippen molar-refractivity contribution in [3.05, 3.63) is 243 Å². The zero-order valence-corrected chi connectivity index (χ0v) is 37.3. The summed E-state index contributed by atoms with van der Waals surface area (Å²) in [5, 5.41) is 6.95. The molecule has 0 fully saturated rings. The quantitative estimate of drug-likeness (QED) is 0.160. The Balaban J connectivity index is 1.22. The fourth-order valence-electron chi connectivity index (χ4n) is 10.7. The van der Waals surface area contributed by atoms with E-state index in [2.05, 4.69) is 220 Å². The van der Waals surface area contributed by atoms with Crippen LogP contribution in [0, 0.1) is 0 Å². The van der Waals surface area contributed by atoms with Crippen molar-refractivity contribution in [3.8, 4) is 62.4 Å². The van der Waals surface area contributed by atoms with Crippen molar-refractivity contribution >= 4 is 65.4 Å². The lowest BCUT2D eigenvalue weighted by Gasteiger charge is -2.21. The van der Waals surface area contributed by atoms with Crippen LogP contribution in [0.4, 0.5) is 0 Å². The third-order valence-corrected chi connectivity index (χ3v) is 13.7. The molecule has 0 saturated heterocycles. The Morgan fingerprint density at radius 1 is 0.261 bits per heavy atom. The Kier molecular flexibility index (Phi) is 8.79. The lowest BCUT2D eigenvalue weighted by molar-refractivity contribution is 1.06. The fraction of sp³-hybridized carbons (Fsp3) is 0. The molecular weight excluding hydrogens is 841 g/mol. The van der Waals surface area contributed by atoms with E-state index >= 15 is 0 Å². The van der Waals surface area contributed by atoms with Crippen LogP contribution in [-0.2, 0) is 0 Å². The van der Waals surface area contributed by atoms with E-state index in [1.165, 1.54) is 16.2 Å². The number of nitrogens with zero attached hydrogens (tertiary/aromatic N) is 6. The Hall–Kier alpha value is -9.39. The lowest BCUT2D eigenvalue weighted by Crippen LogP contribution is -2.07. The first-order valence-electron chi connectivity index (χ1n) is 23.4. The number of para-hydroxylation sites is 6. The normalized spacial score (nSPS) is 11.8. The summed E-state index contributed by atoms with van der Waals surface area (Å²) >= 11 is 0. The summed E-state index contributed by atoms with van der Waals surface area (Å²) in [4.78, 5) is 16.4. The van der Waals surface area contributed by atoms with Gasteiger partial charge in [0.05, 0.1) is 44.4 Å². The molecule has 0 aliphatic rings. The van der Waals surface area contributed by atoms with E-state index in [-0.39, 0.29) is 0 Å². The number of rotatable bonds is 7. The molecule has 14 aromatic rings. The van der Waals surface area contributed by atoms with Crippen LogP contribution in [0.25, 0.3) is 128 Å². The number of aromatic nitrogens is 6. The SMILES string of the molecule is c1ccc(-c2nc(-c3ccccc3)nc(-c3c(-c4ccc5c(c4)c4ccccc4n5-c4ccccc4)cc4c5ccccc5n(-c5ccccc5)c4c3-n3c4ccccc4c4ccccc43)n2)cc1. The number of hydrogen-bond acceptors (Lipinski definition) is 3. The van der Waals surface area contributed by atoms with E-state index in [9.17, 15) is 0 Å². The molecule has 69 heavy (non-hydrogen) atoms. The summed E-state index contributed by atoms with van der Waals surface area (Å²) in [6.07, 6.45) is 0. The second kappa shape index (κ2) is 15.6. The van der Waals surface area contributed by atoms with Crippen LogP contribution < -0.4 is 0 Å². The van der Waals surface area contributed by atoms with Gasteiger partial charge in [0.2, 0.25) is 0 Å². The lowest BCUT2D eigenvalue weighted by atomic mass is 9.93. The molecule has 0 N–H and O–H groups in total. The monoisotopic (exact) mass is 880 g/mol. The maximum Gasteiger partial charge on any atom is 0.166 e. The molecule has 322 valence electrons. The van der Waals surface area contributed by atoms with E-state index in [1.54, 1.807) is 0 Å². The highest BCUT2D eigenvalue weighted by Gasteiger charge is 2.29. The van der Waals surface area contributed by atoms with Crippen LogP contribution >= 0.6 is 0 Å². The molecule has 0 atom stereocenters. The molecule has 0 radical (unpaired) electrons. The van der Waals surface area contributed by atoms with Gasteiger partial charge in [-0.15, -0.1) is 0 Å². The summed E-state index contributed by atoms with van der Waals surface area (Å²) in [5.74, 6) is 1.78. The van der Waals surface area contributed by atoms with Gasteiger partial charge in [-0.2, -0.15) is 0 Å². The average molecular weight is 881 g/mol. The molecule has 0 spiro atoms. The van der Waals surface area contributed by atoms with Gasteiger partial charge in [0.1, 0.15) is 0 Å². The van der Waals surface area contributed by atoms with E-state index in [1.807, 2.05) is 36.4 Å². The van der Waals surface area contributed by atoms with E-state index in [4.69, 9.17) is 15.0 Å². The van der Waals surface area contributed by atoms with Crippen LogP contribution in [0.3, 0.4) is 0 Å². The maximum absolute atomic E-state index is 5.59. The van der Waals surface area contributed by atoms with E-state index in [0.29, 0.717) is 17.5 Å². The minimum atomic E-state index is 0.577. The summed E-state index contributed by atoms with van der Waals surface area (Å²) < 4.78 is 7.28. The summed E-state index contributed by atoms with van der Waals surface area (Å²) in [7, 11) is 0. The minimum Gasteiger partial charge on any atom is -0.309 e. The van der Waals surface area contributed by atoms with Crippen molar-refractivity contribution < 1.29 is 0 Å². The van der Waals surface area contributed by atoms with Crippen molar-refractivity contribution in [3.63, 3.8) is 0 Å². The third kappa shape index (κ3) is 6.09. The molecular formula is C63H40N6. The van der Waals surface area contributed by atoms with Crippen molar-refractivity contribution in [2.24, 2.45) is 0 Å². The molecule has 0 amide bonds. The molecule has 14 rings (SSSR count). The van der Waals surface area contributed by atoms with E-state index in [0.717, 1.165) is 94.1 Å². The Morgan fingerprint density at radius 3 is 1.19 bits per heavy atom. The highest BCUT2D eigenvalue weighted by molar-refractivity contribution is 6.20. The third-order valence-electron chi connectivity index (χ3n) is 13.7. The molecule has 0 bridgehead atoms. The average Bonchev–Trinajstić information content (AvgIpc) is 4.07. The summed E-state index contributed by atoms with van der Waals surface area (Å²) in [5.41, 5.74) is 14.6. The highest BCUT2D eigenvalue weighted by Crippen LogP contribution is 2.49. The smallest absolute Gasteiger partial charge is 0.166 e. The van der Waals surface area contributed by atoms with Gasteiger partial charge in [-0.05, 0) is 77.9 Å². The molecule has 6 heteroatoms. The molecule has 10 aromatic carbocycles. The molecule has 0 saturated carbocycles. The number of benzene rings is 10. The van der Waals surface area contributed by atoms with Gasteiger partial charge in [-0.25, -0.2) is 15.0 Å². The zero-order valence-electron chi connectivity index (χ0n) is 37.3. The molecule has 6 nitrogen and oxygen atoms in total. The predicted octanol–water partition coefficient (Wildman–Crippen LogP) is 15.8. The zero-order chi connectivity index (χ0) is 45.4. The Labute approximate surface area is 397 Å². The van der Waals surface area contributed by atoms with Crippen molar-refractivity contribution in [1.29, 1.82) is 0 Å². The van der Waals surface area contributed by atoms with Gasteiger partial charge in [0.15, 0.2) is 17.5 Å². The fourth-order valence-corrected chi connectivity index (χ4v) is 10.7. The van der Waals surface area contributed by atoms with Gasteiger partial charge in [0.25, 0.3) is 0 Å². The Bertz CT molecular complexity index is 4170.